The molecule has 0 spiro atoms. The van der Waals surface area contributed by atoms with Gasteiger partial charge < -0.3 is 20.0 Å². The van der Waals surface area contributed by atoms with Gasteiger partial charge >= 0.3 is 0 Å². The number of nitrogens with zero attached hydrogens (tertiary/aromatic N) is 1. The molecule has 0 aromatic rings. The van der Waals surface area contributed by atoms with Crippen LogP contribution >= 0.6 is 0 Å². The number of rotatable bonds is 7. The van der Waals surface area contributed by atoms with Crippen LogP contribution in [0.3, 0.4) is 0 Å². The topological polar surface area (TPSA) is 65.0 Å². The Morgan fingerprint density at radius 3 is 2.55 bits per heavy atom. The van der Waals surface area contributed by atoms with Gasteiger partial charge in [0.25, 0.3) is 0 Å². The highest BCUT2D eigenvalue weighted by Gasteiger charge is 2.67. The summed E-state index contributed by atoms with van der Waals surface area (Å²) in [5, 5.41) is 22.5. The van der Waals surface area contributed by atoms with Crippen molar-refractivity contribution in [3.63, 3.8) is 0 Å². The molecule has 0 amide bonds. The minimum atomic E-state index is -0.550. The summed E-state index contributed by atoms with van der Waals surface area (Å²) in [7, 11) is 4.19. The highest BCUT2D eigenvalue weighted by Crippen LogP contribution is 2.69. The standard InChI is InChI=1S/C26H48N2O3/c1-18(27-31-16-6-15-28(4)5)21-11-14-26(30)23-8-7-19-17-20(29)9-12-24(19,2)22(23)10-13-25(21,26)3/h18-23,27,29-30H,6-17H2,1-5H3/t18?,19-,20+,21-,22+,23-,24+,25-,26+/m1/s1. The second-order valence-electron chi connectivity index (χ2n) is 12.4. The zero-order valence-electron chi connectivity index (χ0n) is 20.7. The number of hydroxylamine groups is 1. The average Bonchev–Trinajstić information content (AvgIpc) is 2.99. The highest BCUT2D eigenvalue weighted by molar-refractivity contribution is 5.17. The molecule has 1 unspecified atom stereocenters. The van der Waals surface area contributed by atoms with Gasteiger partial charge in [-0.25, -0.2) is 0 Å². The second-order valence-corrected chi connectivity index (χ2v) is 12.4. The van der Waals surface area contributed by atoms with Crippen molar-refractivity contribution in [3.05, 3.63) is 0 Å². The minimum Gasteiger partial charge on any atom is -0.393 e. The van der Waals surface area contributed by atoms with Crippen LogP contribution in [0.1, 0.15) is 85.0 Å². The summed E-state index contributed by atoms with van der Waals surface area (Å²) in [5.41, 5.74) is 3.06. The van der Waals surface area contributed by atoms with E-state index in [1.807, 2.05) is 0 Å². The fourth-order valence-electron chi connectivity index (χ4n) is 8.77. The van der Waals surface area contributed by atoms with Crippen LogP contribution < -0.4 is 5.48 Å². The first-order valence-electron chi connectivity index (χ1n) is 13.0. The number of hydrogen-bond donors (Lipinski definition) is 3. The smallest absolute Gasteiger partial charge is 0.0735 e. The summed E-state index contributed by atoms with van der Waals surface area (Å²) >= 11 is 0. The third-order valence-electron chi connectivity index (χ3n) is 10.6. The van der Waals surface area contributed by atoms with E-state index in [1.165, 1.54) is 12.8 Å². The summed E-state index contributed by atoms with van der Waals surface area (Å²) in [5.74, 6) is 2.12. The Morgan fingerprint density at radius 1 is 1.03 bits per heavy atom. The molecule has 0 aromatic heterocycles. The van der Waals surface area contributed by atoms with Crippen LogP contribution in [0.5, 0.6) is 0 Å². The number of aliphatic hydroxyl groups is 2. The van der Waals surface area contributed by atoms with Gasteiger partial charge in [0.15, 0.2) is 0 Å². The van der Waals surface area contributed by atoms with Crippen molar-refractivity contribution in [3.8, 4) is 0 Å². The van der Waals surface area contributed by atoms with E-state index in [4.69, 9.17) is 4.84 Å². The van der Waals surface area contributed by atoms with Crippen molar-refractivity contribution in [2.75, 3.05) is 27.2 Å². The summed E-state index contributed by atoms with van der Waals surface area (Å²) in [4.78, 5) is 8.02. The van der Waals surface area contributed by atoms with E-state index < -0.39 is 5.60 Å². The Morgan fingerprint density at radius 2 is 1.81 bits per heavy atom. The lowest BCUT2D eigenvalue weighted by Gasteiger charge is -2.63. The van der Waals surface area contributed by atoms with Gasteiger partial charge in [-0.2, -0.15) is 5.48 Å². The van der Waals surface area contributed by atoms with Crippen molar-refractivity contribution >= 4 is 0 Å². The van der Waals surface area contributed by atoms with E-state index in [-0.39, 0.29) is 17.6 Å². The first-order valence-corrected chi connectivity index (χ1v) is 13.0. The van der Waals surface area contributed by atoms with Crippen LogP contribution in [0, 0.1) is 34.5 Å². The summed E-state index contributed by atoms with van der Waals surface area (Å²) in [6, 6.07) is 0.256. The Kier molecular flexibility index (Phi) is 6.85. The Labute approximate surface area is 190 Å². The van der Waals surface area contributed by atoms with Crippen molar-refractivity contribution in [1.82, 2.24) is 10.4 Å². The van der Waals surface area contributed by atoms with Crippen molar-refractivity contribution in [1.29, 1.82) is 0 Å². The van der Waals surface area contributed by atoms with Gasteiger partial charge in [0.05, 0.1) is 18.3 Å². The number of nitrogens with one attached hydrogen (secondary N) is 1. The zero-order chi connectivity index (χ0) is 22.4. The fourth-order valence-corrected chi connectivity index (χ4v) is 8.77. The van der Waals surface area contributed by atoms with E-state index in [0.29, 0.717) is 29.1 Å². The van der Waals surface area contributed by atoms with E-state index >= 15 is 0 Å². The molecule has 4 rings (SSSR count). The molecule has 3 N–H and O–H groups in total. The normalized spacial score (nSPS) is 48.2. The monoisotopic (exact) mass is 436 g/mol. The largest absolute Gasteiger partial charge is 0.393 e. The first-order chi connectivity index (χ1) is 14.6. The van der Waals surface area contributed by atoms with Crippen molar-refractivity contribution < 1.29 is 15.1 Å². The van der Waals surface area contributed by atoms with Crippen LogP contribution in [0.4, 0.5) is 0 Å². The molecule has 180 valence electrons. The van der Waals surface area contributed by atoms with Crippen LogP contribution in [-0.4, -0.2) is 60.1 Å². The lowest BCUT2D eigenvalue weighted by Crippen LogP contribution is -2.63. The second kappa shape index (κ2) is 8.87. The molecule has 0 bridgehead atoms. The lowest BCUT2D eigenvalue weighted by molar-refractivity contribution is -0.213. The zero-order valence-corrected chi connectivity index (χ0v) is 20.7. The maximum atomic E-state index is 12.3. The predicted octanol–water partition coefficient (Wildman–Crippen LogP) is 3.98. The molecule has 0 heterocycles. The summed E-state index contributed by atoms with van der Waals surface area (Å²) < 4.78 is 0. The Hall–Kier alpha value is -0.200. The number of aliphatic hydroxyl groups excluding tert-OH is 1. The van der Waals surface area contributed by atoms with Crippen molar-refractivity contribution in [2.24, 2.45) is 34.5 Å². The molecule has 9 atom stereocenters. The van der Waals surface area contributed by atoms with Gasteiger partial charge in [0.1, 0.15) is 0 Å². The molecule has 0 saturated heterocycles. The molecule has 4 fully saturated rings. The number of fused-ring (bicyclic) bond motifs is 5. The van der Waals surface area contributed by atoms with Crippen LogP contribution in [-0.2, 0) is 4.84 Å². The molecular formula is C26H48N2O3. The number of hydrogen-bond acceptors (Lipinski definition) is 5. The van der Waals surface area contributed by atoms with Crippen LogP contribution in [0.25, 0.3) is 0 Å². The molecular weight excluding hydrogens is 388 g/mol. The third kappa shape index (κ3) is 4.01. The predicted molar refractivity (Wildman–Crippen MR) is 124 cm³/mol. The maximum absolute atomic E-state index is 12.3. The minimum absolute atomic E-state index is 0.0367. The van der Waals surface area contributed by atoms with E-state index in [9.17, 15) is 10.2 Å². The Balaban J connectivity index is 1.43. The van der Waals surface area contributed by atoms with E-state index in [0.717, 1.165) is 64.5 Å². The quantitative estimate of drug-likeness (QED) is 0.416. The molecule has 0 radical (unpaired) electrons. The van der Waals surface area contributed by atoms with Gasteiger partial charge in [-0.3, -0.25) is 0 Å². The summed E-state index contributed by atoms with van der Waals surface area (Å²) in [6.07, 6.45) is 10.7. The molecule has 5 heteroatoms. The molecule has 4 aliphatic rings. The molecule has 31 heavy (non-hydrogen) atoms. The molecule has 4 saturated carbocycles. The van der Waals surface area contributed by atoms with E-state index in [2.05, 4.69) is 45.2 Å². The van der Waals surface area contributed by atoms with Crippen molar-refractivity contribution in [2.45, 2.75) is 103 Å². The van der Waals surface area contributed by atoms with Gasteiger partial charge in [-0.1, -0.05) is 13.8 Å². The highest BCUT2D eigenvalue weighted by atomic mass is 16.6. The van der Waals surface area contributed by atoms with Gasteiger partial charge in [0, 0.05) is 11.5 Å². The van der Waals surface area contributed by atoms with E-state index in [1.54, 1.807) is 0 Å². The molecule has 5 nitrogen and oxygen atoms in total. The molecule has 0 aliphatic heterocycles. The van der Waals surface area contributed by atoms with Gasteiger partial charge in [-0.05, 0) is 121 Å². The summed E-state index contributed by atoms with van der Waals surface area (Å²) in [6.45, 7) is 8.89. The first kappa shape index (κ1) is 23.9. The molecule has 4 aliphatic carbocycles. The van der Waals surface area contributed by atoms with Crippen LogP contribution in [0.15, 0.2) is 0 Å². The fraction of sp³-hybridized carbons (Fsp3) is 1.00. The van der Waals surface area contributed by atoms with Gasteiger partial charge in [0.2, 0.25) is 0 Å². The average molecular weight is 437 g/mol. The maximum Gasteiger partial charge on any atom is 0.0735 e. The third-order valence-corrected chi connectivity index (χ3v) is 10.6. The molecule has 0 aromatic carbocycles. The van der Waals surface area contributed by atoms with Crippen LogP contribution in [0.2, 0.25) is 0 Å². The Bertz CT molecular complexity index is 630. The lowest BCUT2D eigenvalue weighted by atomic mass is 9.43. The van der Waals surface area contributed by atoms with Gasteiger partial charge in [-0.15, -0.1) is 0 Å². The SMILES string of the molecule is CC(NOCCCN(C)C)[C@H]1CC[C@]2(O)[C@@H]3CC[C@@H]4C[C@@H](O)CC[C@]4(C)[C@H]3CC[C@]12C.